The first-order valence-corrected chi connectivity index (χ1v) is 6.15. The van der Waals surface area contributed by atoms with Crippen LogP contribution >= 0.6 is 0 Å². The molecule has 2 rings (SSSR count). The Morgan fingerprint density at radius 1 is 1.35 bits per heavy atom. The quantitative estimate of drug-likeness (QED) is 0.860. The second-order valence-electron chi connectivity index (χ2n) is 4.63. The summed E-state index contributed by atoms with van der Waals surface area (Å²) in [5.41, 5.74) is 6.58. The zero-order valence-electron chi connectivity index (χ0n) is 10.5. The van der Waals surface area contributed by atoms with Crippen molar-refractivity contribution in [2.24, 2.45) is 0 Å². The van der Waals surface area contributed by atoms with E-state index >= 15 is 0 Å². The van der Waals surface area contributed by atoms with E-state index in [0.29, 0.717) is 12.6 Å². The van der Waals surface area contributed by atoms with Crippen LogP contribution in [0.2, 0.25) is 0 Å². The van der Waals surface area contributed by atoms with Crippen molar-refractivity contribution in [2.75, 3.05) is 23.7 Å². The van der Waals surface area contributed by atoms with Crippen molar-refractivity contribution in [3.63, 3.8) is 0 Å². The van der Waals surface area contributed by atoms with Crippen molar-refractivity contribution in [1.82, 2.24) is 9.97 Å². The maximum atomic E-state index is 5.73. The van der Waals surface area contributed by atoms with E-state index in [1.807, 2.05) is 19.9 Å². The van der Waals surface area contributed by atoms with Crippen LogP contribution < -0.4 is 10.6 Å². The van der Waals surface area contributed by atoms with E-state index in [1.165, 1.54) is 12.8 Å². The summed E-state index contributed by atoms with van der Waals surface area (Å²) in [7, 11) is 0. The van der Waals surface area contributed by atoms with Crippen molar-refractivity contribution in [2.45, 2.75) is 39.4 Å². The number of hydrogen-bond acceptors (Lipinski definition) is 5. The van der Waals surface area contributed by atoms with E-state index < -0.39 is 0 Å². The standard InChI is InChI=1S/C12H20N4O/c1-9(2)17-8-10-7-11(15-12(13)14-10)16-5-3-4-6-16/h7,9H,3-6,8H2,1-2H3,(H2,13,14,15). The molecule has 1 fully saturated rings. The molecule has 1 saturated heterocycles. The van der Waals surface area contributed by atoms with Gasteiger partial charge >= 0.3 is 0 Å². The molecule has 1 aromatic heterocycles. The Morgan fingerprint density at radius 2 is 2.06 bits per heavy atom. The highest BCUT2D eigenvalue weighted by Crippen LogP contribution is 2.19. The van der Waals surface area contributed by atoms with E-state index in [9.17, 15) is 0 Å². The summed E-state index contributed by atoms with van der Waals surface area (Å²) in [4.78, 5) is 10.7. The molecule has 2 heterocycles. The first kappa shape index (κ1) is 12.1. The van der Waals surface area contributed by atoms with Gasteiger partial charge in [0.15, 0.2) is 0 Å². The molecule has 0 saturated carbocycles. The molecule has 0 radical (unpaired) electrons. The fourth-order valence-electron chi connectivity index (χ4n) is 1.94. The molecule has 2 N–H and O–H groups in total. The Kier molecular flexibility index (Phi) is 3.78. The van der Waals surface area contributed by atoms with E-state index in [2.05, 4.69) is 14.9 Å². The van der Waals surface area contributed by atoms with Gasteiger partial charge in [0.2, 0.25) is 5.95 Å². The number of anilines is 2. The van der Waals surface area contributed by atoms with E-state index in [0.717, 1.165) is 24.6 Å². The molecule has 1 aromatic rings. The predicted molar refractivity (Wildman–Crippen MR) is 67.8 cm³/mol. The maximum absolute atomic E-state index is 5.73. The zero-order valence-corrected chi connectivity index (χ0v) is 10.5. The van der Waals surface area contributed by atoms with Gasteiger partial charge in [0.25, 0.3) is 0 Å². The number of nitrogen functional groups attached to an aromatic ring is 1. The first-order chi connectivity index (χ1) is 8.15. The number of ether oxygens (including phenoxy) is 1. The van der Waals surface area contributed by atoms with Crippen LogP contribution in [0, 0.1) is 0 Å². The summed E-state index contributed by atoms with van der Waals surface area (Å²) < 4.78 is 5.54. The van der Waals surface area contributed by atoms with Crippen molar-refractivity contribution in [3.05, 3.63) is 11.8 Å². The third-order valence-corrected chi connectivity index (χ3v) is 2.78. The predicted octanol–water partition coefficient (Wildman–Crippen LogP) is 1.58. The summed E-state index contributed by atoms with van der Waals surface area (Å²) in [5.74, 6) is 1.26. The minimum atomic E-state index is 0.196. The molecule has 0 aromatic carbocycles. The van der Waals surface area contributed by atoms with E-state index in [1.54, 1.807) is 0 Å². The summed E-state index contributed by atoms with van der Waals surface area (Å²) in [5, 5.41) is 0. The molecule has 5 nitrogen and oxygen atoms in total. The lowest BCUT2D eigenvalue weighted by atomic mass is 10.3. The summed E-state index contributed by atoms with van der Waals surface area (Å²) in [6.07, 6.45) is 2.64. The minimum absolute atomic E-state index is 0.196. The van der Waals surface area contributed by atoms with Gasteiger partial charge in [0.1, 0.15) is 5.82 Å². The number of rotatable bonds is 4. The molecule has 1 aliphatic rings. The topological polar surface area (TPSA) is 64.3 Å². The maximum Gasteiger partial charge on any atom is 0.222 e. The molecule has 0 spiro atoms. The van der Waals surface area contributed by atoms with Crippen LogP contribution in [-0.4, -0.2) is 29.2 Å². The van der Waals surface area contributed by atoms with Gasteiger partial charge in [-0.05, 0) is 26.7 Å². The van der Waals surface area contributed by atoms with Gasteiger partial charge in [-0.2, -0.15) is 4.98 Å². The normalized spacial score (nSPS) is 15.8. The molecule has 94 valence electrons. The SMILES string of the molecule is CC(C)OCc1cc(N2CCCC2)nc(N)n1. The molecule has 0 bridgehead atoms. The van der Waals surface area contributed by atoms with Crippen LogP contribution in [0.1, 0.15) is 32.4 Å². The largest absolute Gasteiger partial charge is 0.373 e. The van der Waals surface area contributed by atoms with Crippen LogP contribution in [0.5, 0.6) is 0 Å². The number of aromatic nitrogens is 2. The van der Waals surface area contributed by atoms with Crippen molar-refractivity contribution in [3.8, 4) is 0 Å². The van der Waals surface area contributed by atoms with Gasteiger partial charge in [-0.25, -0.2) is 4.98 Å². The van der Waals surface area contributed by atoms with Crippen LogP contribution in [0.4, 0.5) is 11.8 Å². The summed E-state index contributed by atoms with van der Waals surface area (Å²) in [6, 6.07) is 1.98. The number of hydrogen-bond donors (Lipinski definition) is 1. The molecule has 0 aliphatic carbocycles. The Morgan fingerprint density at radius 3 is 2.71 bits per heavy atom. The fourth-order valence-corrected chi connectivity index (χ4v) is 1.94. The lowest BCUT2D eigenvalue weighted by Gasteiger charge is -2.17. The highest BCUT2D eigenvalue weighted by molar-refractivity contribution is 5.44. The zero-order chi connectivity index (χ0) is 12.3. The third-order valence-electron chi connectivity index (χ3n) is 2.78. The fraction of sp³-hybridized carbons (Fsp3) is 0.667. The highest BCUT2D eigenvalue weighted by atomic mass is 16.5. The second kappa shape index (κ2) is 5.31. The molecule has 0 atom stereocenters. The second-order valence-corrected chi connectivity index (χ2v) is 4.63. The number of nitrogens with zero attached hydrogens (tertiary/aromatic N) is 3. The molecule has 17 heavy (non-hydrogen) atoms. The van der Waals surface area contributed by atoms with E-state index in [4.69, 9.17) is 10.5 Å². The molecule has 0 amide bonds. The van der Waals surface area contributed by atoms with Crippen molar-refractivity contribution < 1.29 is 4.74 Å². The van der Waals surface area contributed by atoms with Crippen LogP contribution in [0.25, 0.3) is 0 Å². The number of nitrogens with two attached hydrogens (primary N) is 1. The van der Waals surface area contributed by atoms with Gasteiger partial charge in [-0.1, -0.05) is 0 Å². The summed E-state index contributed by atoms with van der Waals surface area (Å²) in [6.45, 7) is 6.62. The van der Waals surface area contributed by atoms with Gasteiger partial charge in [-0.3, -0.25) is 0 Å². The Balaban J connectivity index is 2.11. The van der Waals surface area contributed by atoms with Crippen molar-refractivity contribution in [1.29, 1.82) is 0 Å². The smallest absolute Gasteiger partial charge is 0.222 e. The Hall–Kier alpha value is -1.36. The Labute approximate surface area is 102 Å². The highest BCUT2D eigenvalue weighted by Gasteiger charge is 2.15. The van der Waals surface area contributed by atoms with E-state index in [-0.39, 0.29) is 6.10 Å². The molecular formula is C12H20N4O. The average molecular weight is 236 g/mol. The Bertz CT molecular complexity index is 375. The molecule has 1 aliphatic heterocycles. The molecule has 5 heteroatoms. The van der Waals surface area contributed by atoms with Crippen LogP contribution in [0.15, 0.2) is 6.07 Å². The monoisotopic (exact) mass is 236 g/mol. The molecular weight excluding hydrogens is 216 g/mol. The van der Waals surface area contributed by atoms with Gasteiger partial charge in [0, 0.05) is 19.2 Å². The summed E-state index contributed by atoms with van der Waals surface area (Å²) >= 11 is 0. The third kappa shape index (κ3) is 3.30. The minimum Gasteiger partial charge on any atom is -0.373 e. The lowest BCUT2D eigenvalue weighted by molar-refractivity contribution is 0.0636. The van der Waals surface area contributed by atoms with Gasteiger partial charge in [-0.15, -0.1) is 0 Å². The van der Waals surface area contributed by atoms with Crippen LogP contribution in [0.3, 0.4) is 0 Å². The van der Waals surface area contributed by atoms with Gasteiger partial charge < -0.3 is 15.4 Å². The molecule has 0 unspecified atom stereocenters. The van der Waals surface area contributed by atoms with Gasteiger partial charge in [0.05, 0.1) is 18.4 Å². The van der Waals surface area contributed by atoms with Crippen LogP contribution in [-0.2, 0) is 11.3 Å². The van der Waals surface area contributed by atoms with Crippen molar-refractivity contribution >= 4 is 11.8 Å². The first-order valence-electron chi connectivity index (χ1n) is 6.15. The lowest BCUT2D eigenvalue weighted by Crippen LogP contribution is -2.20. The average Bonchev–Trinajstić information content (AvgIpc) is 2.79.